The minimum Gasteiger partial charge on any atom is -0.465 e. The first-order valence-corrected chi connectivity index (χ1v) is 4.34. The molecule has 0 aromatic heterocycles. The van der Waals surface area contributed by atoms with Gasteiger partial charge in [-0.2, -0.15) is 0 Å². The SMILES string of the molecule is CCCOC(=O)[C@@H]1C=C[C@H](N)C1. The molecule has 0 aromatic carbocycles. The van der Waals surface area contributed by atoms with E-state index in [1.165, 1.54) is 0 Å². The maximum Gasteiger partial charge on any atom is 0.312 e. The van der Waals surface area contributed by atoms with Gasteiger partial charge in [0.2, 0.25) is 0 Å². The Labute approximate surface area is 72.6 Å². The van der Waals surface area contributed by atoms with Gasteiger partial charge in [-0.05, 0) is 12.8 Å². The number of nitrogens with two attached hydrogens (primary N) is 1. The predicted molar refractivity (Wildman–Crippen MR) is 46.5 cm³/mol. The van der Waals surface area contributed by atoms with Gasteiger partial charge in [-0.1, -0.05) is 19.1 Å². The van der Waals surface area contributed by atoms with Crippen molar-refractivity contribution in [1.82, 2.24) is 0 Å². The molecule has 0 radical (unpaired) electrons. The maximum absolute atomic E-state index is 11.2. The Kier molecular flexibility index (Phi) is 3.29. The average Bonchev–Trinajstić information content (AvgIpc) is 2.47. The van der Waals surface area contributed by atoms with Crippen LogP contribution in [-0.2, 0) is 9.53 Å². The van der Waals surface area contributed by atoms with E-state index in [0.717, 1.165) is 6.42 Å². The molecule has 0 spiro atoms. The molecule has 0 saturated heterocycles. The standard InChI is InChI=1S/C9H15NO2/c1-2-5-12-9(11)7-3-4-8(10)6-7/h3-4,7-8H,2,5-6,10H2,1H3/t7-,8+/m1/s1. The van der Waals surface area contributed by atoms with Gasteiger partial charge in [-0.15, -0.1) is 0 Å². The van der Waals surface area contributed by atoms with Crippen LogP contribution in [0, 0.1) is 5.92 Å². The third kappa shape index (κ3) is 2.34. The van der Waals surface area contributed by atoms with Crippen LogP contribution in [0.3, 0.4) is 0 Å². The summed E-state index contributed by atoms with van der Waals surface area (Å²) in [6.45, 7) is 2.49. The first-order chi connectivity index (χ1) is 5.74. The van der Waals surface area contributed by atoms with Crippen LogP contribution in [0.5, 0.6) is 0 Å². The van der Waals surface area contributed by atoms with Gasteiger partial charge in [-0.25, -0.2) is 0 Å². The number of hydrogen-bond acceptors (Lipinski definition) is 3. The van der Waals surface area contributed by atoms with E-state index < -0.39 is 0 Å². The van der Waals surface area contributed by atoms with E-state index in [1.807, 2.05) is 19.1 Å². The molecule has 1 aliphatic carbocycles. The molecule has 2 atom stereocenters. The number of hydrogen-bond donors (Lipinski definition) is 1. The van der Waals surface area contributed by atoms with Gasteiger partial charge in [0.05, 0.1) is 12.5 Å². The van der Waals surface area contributed by atoms with Crippen molar-refractivity contribution in [2.75, 3.05) is 6.61 Å². The summed E-state index contributed by atoms with van der Waals surface area (Å²) in [6.07, 6.45) is 5.26. The normalized spacial score (nSPS) is 27.5. The number of ether oxygens (including phenoxy) is 1. The second kappa shape index (κ2) is 4.26. The summed E-state index contributed by atoms with van der Waals surface area (Å²) in [7, 11) is 0. The summed E-state index contributed by atoms with van der Waals surface area (Å²) >= 11 is 0. The Morgan fingerprint density at radius 2 is 2.42 bits per heavy atom. The molecule has 1 aliphatic rings. The Morgan fingerprint density at radius 1 is 1.67 bits per heavy atom. The van der Waals surface area contributed by atoms with Crippen molar-refractivity contribution in [1.29, 1.82) is 0 Å². The average molecular weight is 169 g/mol. The Morgan fingerprint density at radius 3 is 2.92 bits per heavy atom. The number of carbonyl (C=O) groups is 1. The molecular weight excluding hydrogens is 154 g/mol. The highest BCUT2D eigenvalue weighted by Crippen LogP contribution is 2.17. The summed E-state index contributed by atoms with van der Waals surface area (Å²) in [5.41, 5.74) is 5.60. The second-order valence-electron chi connectivity index (χ2n) is 3.06. The molecule has 0 aromatic rings. The molecule has 0 saturated carbocycles. The molecule has 0 bridgehead atoms. The lowest BCUT2D eigenvalue weighted by molar-refractivity contribution is -0.146. The van der Waals surface area contributed by atoms with E-state index in [2.05, 4.69) is 0 Å². The van der Waals surface area contributed by atoms with Crippen LogP contribution in [0.15, 0.2) is 12.2 Å². The van der Waals surface area contributed by atoms with Gasteiger partial charge in [0.25, 0.3) is 0 Å². The third-order valence-corrected chi connectivity index (χ3v) is 1.87. The Hall–Kier alpha value is -0.830. The van der Waals surface area contributed by atoms with E-state index in [4.69, 9.17) is 10.5 Å². The largest absolute Gasteiger partial charge is 0.465 e. The quantitative estimate of drug-likeness (QED) is 0.503. The zero-order chi connectivity index (χ0) is 8.97. The zero-order valence-electron chi connectivity index (χ0n) is 7.32. The zero-order valence-corrected chi connectivity index (χ0v) is 7.32. The molecule has 0 aliphatic heterocycles. The van der Waals surface area contributed by atoms with E-state index in [0.29, 0.717) is 13.0 Å². The minimum atomic E-state index is -0.138. The van der Waals surface area contributed by atoms with Crippen LogP contribution in [0.2, 0.25) is 0 Å². The van der Waals surface area contributed by atoms with Gasteiger partial charge < -0.3 is 10.5 Å². The lowest BCUT2D eigenvalue weighted by Crippen LogP contribution is -2.20. The molecule has 12 heavy (non-hydrogen) atoms. The topological polar surface area (TPSA) is 52.3 Å². The Bertz CT molecular complexity index is 189. The number of rotatable bonds is 3. The van der Waals surface area contributed by atoms with Crippen molar-refractivity contribution < 1.29 is 9.53 Å². The summed E-state index contributed by atoms with van der Waals surface area (Å²) in [5.74, 6) is -0.243. The molecule has 2 N–H and O–H groups in total. The highest BCUT2D eigenvalue weighted by molar-refractivity contribution is 5.75. The van der Waals surface area contributed by atoms with Gasteiger partial charge in [0, 0.05) is 6.04 Å². The fourth-order valence-electron chi connectivity index (χ4n) is 1.21. The van der Waals surface area contributed by atoms with Crippen molar-refractivity contribution in [3.63, 3.8) is 0 Å². The van der Waals surface area contributed by atoms with Gasteiger partial charge in [0.1, 0.15) is 0 Å². The number of carbonyl (C=O) groups excluding carboxylic acids is 1. The van der Waals surface area contributed by atoms with Crippen molar-refractivity contribution in [2.45, 2.75) is 25.8 Å². The van der Waals surface area contributed by atoms with Gasteiger partial charge >= 0.3 is 5.97 Å². The molecule has 0 unspecified atom stereocenters. The smallest absolute Gasteiger partial charge is 0.312 e. The van der Waals surface area contributed by atoms with Crippen LogP contribution in [-0.4, -0.2) is 18.6 Å². The van der Waals surface area contributed by atoms with E-state index in [1.54, 1.807) is 0 Å². The second-order valence-corrected chi connectivity index (χ2v) is 3.06. The molecule has 68 valence electrons. The van der Waals surface area contributed by atoms with E-state index in [-0.39, 0.29) is 17.9 Å². The summed E-state index contributed by atoms with van der Waals surface area (Å²) in [4.78, 5) is 11.2. The van der Waals surface area contributed by atoms with E-state index in [9.17, 15) is 4.79 Å². The highest BCUT2D eigenvalue weighted by Gasteiger charge is 2.23. The van der Waals surface area contributed by atoms with Crippen molar-refractivity contribution in [2.24, 2.45) is 11.7 Å². The first-order valence-electron chi connectivity index (χ1n) is 4.34. The molecule has 0 amide bonds. The minimum absolute atomic E-state index is 0.0316. The molecule has 3 heteroatoms. The van der Waals surface area contributed by atoms with Crippen LogP contribution in [0.4, 0.5) is 0 Å². The lowest BCUT2D eigenvalue weighted by atomic mass is 10.1. The summed E-state index contributed by atoms with van der Waals surface area (Å²) in [5, 5.41) is 0. The van der Waals surface area contributed by atoms with Crippen LogP contribution < -0.4 is 5.73 Å². The first kappa shape index (κ1) is 9.26. The molecule has 1 rings (SSSR count). The van der Waals surface area contributed by atoms with Crippen molar-refractivity contribution in [3.05, 3.63) is 12.2 Å². The maximum atomic E-state index is 11.2. The predicted octanol–water partition coefficient (Wildman–Crippen LogP) is 0.843. The van der Waals surface area contributed by atoms with Crippen LogP contribution >= 0.6 is 0 Å². The third-order valence-electron chi connectivity index (χ3n) is 1.87. The summed E-state index contributed by atoms with van der Waals surface area (Å²) < 4.78 is 4.98. The monoisotopic (exact) mass is 169 g/mol. The number of esters is 1. The molecule has 0 heterocycles. The lowest BCUT2D eigenvalue weighted by Gasteiger charge is -2.08. The van der Waals surface area contributed by atoms with Crippen molar-refractivity contribution in [3.8, 4) is 0 Å². The van der Waals surface area contributed by atoms with Crippen LogP contribution in [0.1, 0.15) is 19.8 Å². The fraction of sp³-hybridized carbons (Fsp3) is 0.667. The Balaban J connectivity index is 2.29. The van der Waals surface area contributed by atoms with Crippen LogP contribution in [0.25, 0.3) is 0 Å². The summed E-state index contributed by atoms with van der Waals surface area (Å²) in [6, 6.07) is 0.0316. The van der Waals surface area contributed by atoms with Gasteiger partial charge in [-0.3, -0.25) is 4.79 Å². The van der Waals surface area contributed by atoms with E-state index >= 15 is 0 Å². The molecule has 0 fully saturated rings. The fourth-order valence-corrected chi connectivity index (χ4v) is 1.21. The highest BCUT2D eigenvalue weighted by atomic mass is 16.5. The molecular formula is C9H15NO2. The van der Waals surface area contributed by atoms with Crippen molar-refractivity contribution >= 4 is 5.97 Å². The molecule has 3 nitrogen and oxygen atoms in total. The van der Waals surface area contributed by atoms with Gasteiger partial charge in [0.15, 0.2) is 0 Å².